The third-order valence-corrected chi connectivity index (χ3v) is 3.99. The third kappa shape index (κ3) is 3.71. The Morgan fingerprint density at radius 1 is 1.67 bits per heavy atom. The van der Waals surface area contributed by atoms with Crippen LogP contribution in [0, 0.1) is 12.8 Å². The van der Waals surface area contributed by atoms with E-state index in [0.29, 0.717) is 10.8 Å². The van der Waals surface area contributed by atoms with Crippen LogP contribution in [0.4, 0.5) is 0 Å². The van der Waals surface area contributed by atoms with Crippen molar-refractivity contribution in [3.8, 4) is 0 Å². The van der Waals surface area contributed by atoms with Crippen LogP contribution in [-0.4, -0.2) is 21.4 Å². The monoisotopic (exact) mass is 338 g/mol. The molecule has 3 nitrogen and oxygen atoms in total. The molecule has 0 fully saturated rings. The highest BCUT2D eigenvalue weighted by molar-refractivity contribution is 14.1. The van der Waals surface area contributed by atoms with Gasteiger partial charge in [0.25, 0.3) is 5.91 Å². The zero-order chi connectivity index (χ0) is 11.4. The van der Waals surface area contributed by atoms with E-state index in [1.807, 2.05) is 6.92 Å². The van der Waals surface area contributed by atoms with Crippen LogP contribution in [0.3, 0.4) is 0 Å². The smallest absolute Gasteiger partial charge is 0.263 e. The number of hydrogen-bond donors (Lipinski definition) is 1. The molecule has 0 aliphatic carbocycles. The molecule has 1 heterocycles. The summed E-state index contributed by atoms with van der Waals surface area (Å²) in [6, 6.07) is 0.237. The molecule has 1 aromatic heterocycles. The Hall–Kier alpha value is -0.170. The highest BCUT2D eigenvalue weighted by Crippen LogP contribution is 2.13. The zero-order valence-electron chi connectivity index (χ0n) is 9.08. The van der Waals surface area contributed by atoms with Crippen molar-refractivity contribution in [2.24, 2.45) is 5.92 Å². The summed E-state index contributed by atoms with van der Waals surface area (Å²) in [5.41, 5.74) is 0. The van der Waals surface area contributed by atoms with Crippen molar-refractivity contribution in [2.45, 2.75) is 26.8 Å². The Bertz CT molecular complexity index is 338. The van der Waals surface area contributed by atoms with Gasteiger partial charge in [0.2, 0.25) is 0 Å². The van der Waals surface area contributed by atoms with E-state index in [-0.39, 0.29) is 11.9 Å². The molecule has 0 spiro atoms. The number of hydrogen-bond acceptors (Lipinski definition) is 3. The molecule has 0 aromatic carbocycles. The summed E-state index contributed by atoms with van der Waals surface area (Å²) in [4.78, 5) is 16.6. The normalized spacial score (nSPS) is 12.9. The van der Waals surface area contributed by atoms with Crippen LogP contribution in [0.2, 0.25) is 0 Å². The topological polar surface area (TPSA) is 42.0 Å². The van der Waals surface area contributed by atoms with E-state index < -0.39 is 0 Å². The lowest BCUT2D eigenvalue weighted by Crippen LogP contribution is -2.39. The number of halogens is 1. The highest BCUT2D eigenvalue weighted by Gasteiger charge is 2.17. The first-order valence-electron chi connectivity index (χ1n) is 4.84. The van der Waals surface area contributed by atoms with Gasteiger partial charge in [-0.3, -0.25) is 4.79 Å². The number of carbonyl (C=O) groups is 1. The van der Waals surface area contributed by atoms with Crippen molar-refractivity contribution < 1.29 is 4.79 Å². The van der Waals surface area contributed by atoms with Crippen molar-refractivity contribution in [1.82, 2.24) is 10.3 Å². The number of nitrogens with zero attached hydrogens (tertiary/aromatic N) is 1. The second-order valence-electron chi connectivity index (χ2n) is 3.72. The molecule has 1 unspecified atom stereocenters. The van der Waals surface area contributed by atoms with Gasteiger partial charge in [-0.2, -0.15) is 0 Å². The van der Waals surface area contributed by atoms with Gasteiger partial charge in [-0.1, -0.05) is 36.4 Å². The molecule has 1 rings (SSSR count). The molecule has 84 valence electrons. The molecule has 1 aromatic rings. The minimum atomic E-state index is -0.00374. The summed E-state index contributed by atoms with van der Waals surface area (Å²) in [6.07, 6.45) is 1.64. The van der Waals surface area contributed by atoms with Crippen molar-refractivity contribution in [2.75, 3.05) is 4.43 Å². The Balaban J connectivity index is 2.62. The fraction of sp³-hybridized carbons (Fsp3) is 0.600. The molecule has 0 radical (unpaired) electrons. The van der Waals surface area contributed by atoms with E-state index in [4.69, 9.17) is 0 Å². The summed E-state index contributed by atoms with van der Waals surface area (Å²) in [6.45, 7) is 6.13. The zero-order valence-corrected chi connectivity index (χ0v) is 12.1. The Labute approximate surface area is 108 Å². The Kier molecular flexibility index (Phi) is 4.98. The molecule has 1 atom stereocenters. The van der Waals surface area contributed by atoms with Crippen LogP contribution in [0.5, 0.6) is 0 Å². The SMILES string of the molecule is Cc1ncc(C(=O)NC(CI)C(C)C)s1. The van der Waals surface area contributed by atoms with Gasteiger partial charge in [-0.05, 0) is 12.8 Å². The van der Waals surface area contributed by atoms with Gasteiger partial charge in [0.15, 0.2) is 0 Å². The summed E-state index contributed by atoms with van der Waals surface area (Å²) < 4.78 is 0.930. The van der Waals surface area contributed by atoms with Crippen LogP contribution in [-0.2, 0) is 0 Å². The Morgan fingerprint density at radius 2 is 2.33 bits per heavy atom. The van der Waals surface area contributed by atoms with Crippen molar-refractivity contribution >= 4 is 39.8 Å². The number of thiazole rings is 1. The summed E-state index contributed by atoms with van der Waals surface area (Å²) in [5, 5.41) is 3.95. The van der Waals surface area contributed by atoms with Crippen molar-refractivity contribution in [3.63, 3.8) is 0 Å². The molecular weight excluding hydrogens is 323 g/mol. The highest BCUT2D eigenvalue weighted by atomic mass is 127. The molecule has 0 aliphatic rings. The number of amides is 1. The standard InChI is InChI=1S/C10H15IN2OS/c1-6(2)8(4-11)13-10(14)9-5-12-7(3)15-9/h5-6,8H,4H2,1-3H3,(H,13,14). The van der Waals surface area contributed by atoms with Crippen LogP contribution in [0.25, 0.3) is 0 Å². The van der Waals surface area contributed by atoms with Gasteiger partial charge in [0.05, 0.1) is 11.2 Å². The van der Waals surface area contributed by atoms with Gasteiger partial charge in [0, 0.05) is 10.5 Å². The number of aryl methyl sites for hydroxylation is 1. The molecule has 0 saturated carbocycles. The maximum Gasteiger partial charge on any atom is 0.263 e. The molecule has 5 heteroatoms. The van der Waals surface area contributed by atoms with E-state index >= 15 is 0 Å². The minimum Gasteiger partial charge on any atom is -0.348 e. The first-order valence-corrected chi connectivity index (χ1v) is 7.18. The van der Waals surface area contributed by atoms with Gasteiger partial charge in [-0.25, -0.2) is 4.98 Å². The maximum atomic E-state index is 11.8. The van der Waals surface area contributed by atoms with Gasteiger partial charge in [-0.15, -0.1) is 11.3 Å². The molecule has 1 N–H and O–H groups in total. The van der Waals surface area contributed by atoms with Crippen LogP contribution >= 0.6 is 33.9 Å². The van der Waals surface area contributed by atoms with E-state index in [9.17, 15) is 4.79 Å². The molecule has 0 bridgehead atoms. The lowest BCUT2D eigenvalue weighted by atomic mass is 10.1. The average Bonchev–Trinajstić information content (AvgIpc) is 2.60. The van der Waals surface area contributed by atoms with Gasteiger partial charge >= 0.3 is 0 Å². The van der Waals surface area contributed by atoms with Crippen LogP contribution in [0.1, 0.15) is 28.5 Å². The van der Waals surface area contributed by atoms with E-state index in [2.05, 4.69) is 46.7 Å². The Morgan fingerprint density at radius 3 is 2.73 bits per heavy atom. The van der Waals surface area contributed by atoms with Crippen LogP contribution < -0.4 is 5.32 Å². The lowest BCUT2D eigenvalue weighted by molar-refractivity contribution is 0.0936. The largest absolute Gasteiger partial charge is 0.348 e. The maximum absolute atomic E-state index is 11.8. The molecular formula is C10H15IN2OS. The lowest BCUT2D eigenvalue weighted by Gasteiger charge is -2.19. The summed E-state index contributed by atoms with van der Waals surface area (Å²) in [5.74, 6) is 0.454. The number of rotatable bonds is 4. The summed E-state index contributed by atoms with van der Waals surface area (Å²) >= 11 is 3.73. The van der Waals surface area contributed by atoms with E-state index in [1.165, 1.54) is 11.3 Å². The molecule has 0 aliphatic heterocycles. The second-order valence-corrected chi connectivity index (χ2v) is 5.84. The minimum absolute atomic E-state index is 0.00374. The predicted molar refractivity (Wildman–Crippen MR) is 71.8 cm³/mol. The van der Waals surface area contributed by atoms with Crippen molar-refractivity contribution in [3.05, 3.63) is 16.1 Å². The quantitative estimate of drug-likeness (QED) is 0.677. The van der Waals surface area contributed by atoms with Gasteiger partial charge in [0.1, 0.15) is 4.88 Å². The van der Waals surface area contributed by atoms with Crippen molar-refractivity contribution in [1.29, 1.82) is 0 Å². The van der Waals surface area contributed by atoms with Crippen LogP contribution in [0.15, 0.2) is 6.20 Å². The average molecular weight is 338 g/mol. The fourth-order valence-corrected chi connectivity index (χ4v) is 3.01. The number of carbonyl (C=O) groups excluding carboxylic acids is 1. The van der Waals surface area contributed by atoms with Gasteiger partial charge < -0.3 is 5.32 Å². The number of alkyl halides is 1. The molecule has 0 saturated heterocycles. The first-order chi connectivity index (χ1) is 7.04. The number of nitrogens with one attached hydrogen (secondary N) is 1. The second kappa shape index (κ2) is 5.79. The van der Waals surface area contributed by atoms with E-state index in [0.717, 1.165) is 9.44 Å². The number of aromatic nitrogens is 1. The predicted octanol–water partition coefficient (Wildman–Crippen LogP) is 2.64. The third-order valence-electron chi connectivity index (χ3n) is 2.13. The fourth-order valence-electron chi connectivity index (χ4n) is 1.09. The summed E-state index contributed by atoms with van der Waals surface area (Å²) in [7, 11) is 0. The molecule has 1 amide bonds. The van der Waals surface area contributed by atoms with E-state index in [1.54, 1.807) is 6.20 Å². The molecule has 15 heavy (non-hydrogen) atoms. The first kappa shape index (κ1) is 12.9.